The van der Waals surface area contributed by atoms with Gasteiger partial charge in [0.05, 0.1) is 0 Å². The van der Waals surface area contributed by atoms with E-state index < -0.39 is 0 Å². The standard InChI is InChI=1S/C18H30BrN/c1-4-6-8-10-17(11-9-7-5-2)20-18-13-15(3)12-16(19)14-18/h12-14,17,20H,4-11H2,1-3H3. The monoisotopic (exact) mass is 339 g/mol. The van der Waals surface area contributed by atoms with E-state index in [1.165, 1.54) is 67.1 Å². The first-order valence-electron chi connectivity index (χ1n) is 8.19. The second-order valence-electron chi connectivity index (χ2n) is 5.85. The average molecular weight is 340 g/mol. The minimum Gasteiger partial charge on any atom is -0.382 e. The summed E-state index contributed by atoms with van der Waals surface area (Å²) in [7, 11) is 0. The quantitative estimate of drug-likeness (QED) is 0.467. The summed E-state index contributed by atoms with van der Waals surface area (Å²) >= 11 is 3.59. The van der Waals surface area contributed by atoms with Crippen LogP contribution in [0.5, 0.6) is 0 Å². The highest BCUT2D eigenvalue weighted by molar-refractivity contribution is 9.10. The first-order valence-corrected chi connectivity index (χ1v) is 8.98. The summed E-state index contributed by atoms with van der Waals surface area (Å²) in [5, 5.41) is 3.75. The van der Waals surface area contributed by atoms with E-state index in [1.807, 2.05) is 0 Å². The van der Waals surface area contributed by atoms with Crippen molar-refractivity contribution in [2.24, 2.45) is 0 Å². The molecule has 1 aromatic carbocycles. The summed E-state index contributed by atoms with van der Waals surface area (Å²) < 4.78 is 1.17. The highest BCUT2D eigenvalue weighted by atomic mass is 79.9. The van der Waals surface area contributed by atoms with Crippen LogP contribution in [0.3, 0.4) is 0 Å². The number of hydrogen-bond acceptors (Lipinski definition) is 1. The van der Waals surface area contributed by atoms with Gasteiger partial charge in [0.15, 0.2) is 0 Å². The average Bonchev–Trinajstić information content (AvgIpc) is 2.38. The topological polar surface area (TPSA) is 12.0 Å². The lowest BCUT2D eigenvalue weighted by atomic mass is 10.0. The van der Waals surface area contributed by atoms with E-state index in [0.29, 0.717) is 6.04 Å². The number of anilines is 1. The van der Waals surface area contributed by atoms with Crippen LogP contribution in [0.1, 0.15) is 70.8 Å². The number of benzene rings is 1. The second kappa shape index (κ2) is 10.3. The van der Waals surface area contributed by atoms with Gasteiger partial charge >= 0.3 is 0 Å². The summed E-state index contributed by atoms with van der Waals surface area (Å²) in [6.07, 6.45) is 10.6. The zero-order chi connectivity index (χ0) is 14.8. The van der Waals surface area contributed by atoms with Crippen molar-refractivity contribution < 1.29 is 0 Å². The molecule has 0 radical (unpaired) electrons. The van der Waals surface area contributed by atoms with Gasteiger partial charge in [-0.3, -0.25) is 0 Å². The molecule has 1 nitrogen and oxygen atoms in total. The summed E-state index contributed by atoms with van der Waals surface area (Å²) in [6, 6.07) is 7.23. The Labute approximate surface area is 133 Å². The van der Waals surface area contributed by atoms with Gasteiger partial charge in [-0.1, -0.05) is 68.3 Å². The van der Waals surface area contributed by atoms with Gasteiger partial charge in [0, 0.05) is 16.2 Å². The Bertz CT molecular complexity index is 345. The van der Waals surface area contributed by atoms with Crippen LogP contribution in [0.2, 0.25) is 0 Å². The van der Waals surface area contributed by atoms with Crippen molar-refractivity contribution in [1.29, 1.82) is 0 Å². The van der Waals surface area contributed by atoms with Crippen LogP contribution in [0.15, 0.2) is 22.7 Å². The van der Waals surface area contributed by atoms with Crippen LogP contribution in [-0.2, 0) is 0 Å². The molecule has 1 N–H and O–H groups in total. The van der Waals surface area contributed by atoms with Gasteiger partial charge in [-0.25, -0.2) is 0 Å². The third-order valence-electron chi connectivity index (χ3n) is 3.73. The number of hydrogen-bond donors (Lipinski definition) is 1. The first kappa shape index (κ1) is 17.6. The lowest BCUT2D eigenvalue weighted by Crippen LogP contribution is -2.19. The summed E-state index contributed by atoms with van der Waals surface area (Å²) in [5.74, 6) is 0. The van der Waals surface area contributed by atoms with Crippen LogP contribution >= 0.6 is 15.9 Å². The second-order valence-corrected chi connectivity index (χ2v) is 6.77. The largest absolute Gasteiger partial charge is 0.382 e. The first-order chi connectivity index (χ1) is 9.65. The normalized spacial score (nSPS) is 11.1. The van der Waals surface area contributed by atoms with E-state index in [1.54, 1.807) is 0 Å². The highest BCUT2D eigenvalue weighted by Crippen LogP contribution is 2.22. The Morgan fingerprint density at radius 2 is 1.55 bits per heavy atom. The van der Waals surface area contributed by atoms with E-state index >= 15 is 0 Å². The molecule has 0 bridgehead atoms. The number of aryl methyl sites for hydroxylation is 1. The molecule has 0 unspecified atom stereocenters. The van der Waals surface area contributed by atoms with Crippen LogP contribution in [0, 0.1) is 6.92 Å². The van der Waals surface area contributed by atoms with Crippen molar-refractivity contribution in [2.45, 2.75) is 78.2 Å². The van der Waals surface area contributed by atoms with Crippen molar-refractivity contribution in [3.8, 4) is 0 Å². The fraction of sp³-hybridized carbons (Fsp3) is 0.667. The molecule has 0 fully saturated rings. The minimum absolute atomic E-state index is 0.627. The lowest BCUT2D eigenvalue weighted by Gasteiger charge is -2.20. The maximum atomic E-state index is 3.75. The molecule has 114 valence electrons. The maximum absolute atomic E-state index is 3.75. The molecule has 0 saturated heterocycles. The van der Waals surface area contributed by atoms with E-state index in [4.69, 9.17) is 0 Å². The molecule has 0 heterocycles. The Kier molecular flexibility index (Phi) is 9.00. The molecule has 0 aliphatic rings. The van der Waals surface area contributed by atoms with E-state index in [9.17, 15) is 0 Å². The molecule has 1 aromatic rings. The maximum Gasteiger partial charge on any atom is 0.0356 e. The number of unbranched alkanes of at least 4 members (excludes halogenated alkanes) is 4. The zero-order valence-electron chi connectivity index (χ0n) is 13.3. The fourth-order valence-electron chi connectivity index (χ4n) is 2.63. The van der Waals surface area contributed by atoms with Crippen molar-refractivity contribution in [1.82, 2.24) is 0 Å². The molecular formula is C18H30BrN. The van der Waals surface area contributed by atoms with Crippen molar-refractivity contribution in [2.75, 3.05) is 5.32 Å². The zero-order valence-corrected chi connectivity index (χ0v) is 14.9. The molecule has 0 aromatic heterocycles. The Morgan fingerprint density at radius 3 is 2.05 bits per heavy atom. The predicted octanol–water partition coefficient (Wildman–Crippen LogP) is 6.70. The van der Waals surface area contributed by atoms with Crippen LogP contribution in [0.25, 0.3) is 0 Å². The Hall–Kier alpha value is -0.500. The third kappa shape index (κ3) is 7.33. The van der Waals surface area contributed by atoms with Crippen LogP contribution in [-0.4, -0.2) is 6.04 Å². The number of rotatable bonds is 10. The molecule has 0 aliphatic carbocycles. The van der Waals surface area contributed by atoms with Crippen LogP contribution in [0.4, 0.5) is 5.69 Å². The summed E-state index contributed by atoms with van der Waals surface area (Å²) in [4.78, 5) is 0. The highest BCUT2D eigenvalue weighted by Gasteiger charge is 2.08. The molecule has 0 spiro atoms. The minimum atomic E-state index is 0.627. The van der Waals surface area contributed by atoms with E-state index in [-0.39, 0.29) is 0 Å². The van der Waals surface area contributed by atoms with Gasteiger partial charge < -0.3 is 5.32 Å². The van der Waals surface area contributed by atoms with Crippen molar-refractivity contribution >= 4 is 21.6 Å². The molecule has 1 rings (SSSR count). The lowest BCUT2D eigenvalue weighted by molar-refractivity contribution is 0.526. The van der Waals surface area contributed by atoms with Gasteiger partial charge in [-0.2, -0.15) is 0 Å². The van der Waals surface area contributed by atoms with Gasteiger partial charge in [-0.15, -0.1) is 0 Å². The molecule has 0 atom stereocenters. The van der Waals surface area contributed by atoms with Gasteiger partial charge in [0.1, 0.15) is 0 Å². The summed E-state index contributed by atoms with van der Waals surface area (Å²) in [6.45, 7) is 6.70. The third-order valence-corrected chi connectivity index (χ3v) is 4.18. The van der Waals surface area contributed by atoms with Crippen LogP contribution < -0.4 is 5.32 Å². The summed E-state index contributed by atoms with van der Waals surface area (Å²) in [5.41, 5.74) is 2.57. The predicted molar refractivity (Wildman–Crippen MR) is 94.6 cm³/mol. The fourth-order valence-corrected chi connectivity index (χ4v) is 3.23. The molecule has 20 heavy (non-hydrogen) atoms. The molecule has 2 heteroatoms. The number of nitrogens with one attached hydrogen (secondary N) is 1. The smallest absolute Gasteiger partial charge is 0.0356 e. The van der Waals surface area contributed by atoms with E-state index in [0.717, 1.165) is 0 Å². The van der Waals surface area contributed by atoms with E-state index in [2.05, 4.69) is 60.2 Å². The molecular weight excluding hydrogens is 310 g/mol. The molecule has 0 aliphatic heterocycles. The Morgan fingerprint density at radius 1 is 0.950 bits per heavy atom. The van der Waals surface area contributed by atoms with Gasteiger partial charge in [0.2, 0.25) is 0 Å². The van der Waals surface area contributed by atoms with Crippen molar-refractivity contribution in [3.63, 3.8) is 0 Å². The number of halogens is 1. The molecule has 0 saturated carbocycles. The SMILES string of the molecule is CCCCCC(CCCCC)Nc1cc(C)cc(Br)c1. The Balaban J connectivity index is 2.56. The molecule has 0 amide bonds. The van der Waals surface area contributed by atoms with Gasteiger partial charge in [-0.05, 0) is 43.5 Å². The van der Waals surface area contributed by atoms with Gasteiger partial charge in [0.25, 0.3) is 0 Å². The van der Waals surface area contributed by atoms with Crippen molar-refractivity contribution in [3.05, 3.63) is 28.2 Å².